The monoisotopic (exact) mass is 747 g/mol. The zero-order valence-electron chi connectivity index (χ0n) is 39.2. The average molecular weight is 748 g/mol. The number of hydrogen-bond acceptors (Lipinski definition) is 5. The van der Waals surface area contributed by atoms with Crippen LogP contribution >= 0.6 is 11.8 Å². The molecule has 4 aromatic carbocycles. The number of thioether (sulfide) groups is 1. The molecule has 1 fully saturated rings. The van der Waals surface area contributed by atoms with E-state index in [4.69, 9.17) is 13.7 Å². The molecule has 0 unspecified atom stereocenters. The summed E-state index contributed by atoms with van der Waals surface area (Å²) in [6.07, 6.45) is -4.44. The number of carbonyl (C=O) groups is 1. The van der Waals surface area contributed by atoms with Crippen LogP contribution in [0, 0.1) is 11.6 Å². The van der Waals surface area contributed by atoms with Gasteiger partial charge in [-0.2, -0.15) is 13.2 Å². The Labute approximate surface area is 319 Å². The molecule has 0 N–H and O–H groups in total. The van der Waals surface area contributed by atoms with Crippen molar-refractivity contribution < 1.29 is 47.9 Å². The molecule has 0 radical (unpaired) electrons. The van der Waals surface area contributed by atoms with Crippen molar-refractivity contribution in [3.8, 4) is 11.1 Å². The topological polar surface area (TPSA) is 54.8 Å². The van der Waals surface area contributed by atoms with E-state index in [0.29, 0.717) is 33.0 Å². The molecular weight excluding hydrogens is 698 g/mol. The summed E-state index contributed by atoms with van der Waals surface area (Å²) >= 11 is 0.459. The molecule has 0 spiro atoms. The van der Waals surface area contributed by atoms with Crippen molar-refractivity contribution in [2.24, 2.45) is 0 Å². The lowest BCUT2D eigenvalue weighted by molar-refractivity contribution is -0.137. The first kappa shape index (κ1) is 24.7. The van der Waals surface area contributed by atoms with Crippen LogP contribution in [-0.4, -0.2) is 59.5 Å². The summed E-state index contributed by atoms with van der Waals surface area (Å²) in [5.74, 6) is -4.36. The predicted molar refractivity (Wildman–Crippen MR) is 193 cm³/mol. The average Bonchev–Trinajstić information content (AvgIpc) is 3.22. The quantitative estimate of drug-likeness (QED) is 0.0949. The number of pyridine rings is 1. The van der Waals surface area contributed by atoms with E-state index in [0.717, 1.165) is 23.1 Å². The van der Waals surface area contributed by atoms with Gasteiger partial charge in [-0.25, -0.2) is 8.78 Å². The van der Waals surface area contributed by atoms with Gasteiger partial charge in [-0.05, 0) is 59.8 Å². The number of amides is 1. The van der Waals surface area contributed by atoms with Crippen molar-refractivity contribution in [3.05, 3.63) is 135 Å². The fraction of sp³-hybridized carbons (Fsp3) is 0.300. The van der Waals surface area contributed by atoms with Crippen LogP contribution in [-0.2, 0) is 34.5 Å². The van der Waals surface area contributed by atoms with Gasteiger partial charge in [0.25, 0.3) is 0 Å². The first-order valence-electron chi connectivity index (χ1n) is 21.9. The number of ether oxygens (including phenoxy) is 1. The number of alkyl halides is 3. The number of nitrogens with zero attached hydrogens (tertiary/aromatic N) is 3. The molecule has 6 rings (SSSR count). The molecule has 1 aliphatic heterocycles. The first-order valence-corrected chi connectivity index (χ1v) is 16.9. The van der Waals surface area contributed by atoms with E-state index in [-0.39, 0.29) is 38.0 Å². The number of piperidine rings is 1. The molecule has 12 heteroatoms. The summed E-state index contributed by atoms with van der Waals surface area (Å²) in [7, 11) is -3.05. The molecule has 1 amide bonds. The van der Waals surface area contributed by atoms with Crippen LogP contribution in [0.3, 0.4) is 0 Å². The SMILES string of the molecule is [2H]c1c([2H])c([2H])c2c(c1[2H])c(=O)c([2H])c(SCc1cccc(F)c1F)n2C([2H])([2H])C(=O)N(Cc1ccc(-c2ccc(C(F)(F)F)cc2)cc1)C1CCN(CC([2H])([2H])OC([2H])([2H])[2H])CC1. The highest BCUT2D eigenvalue weighted by atomic mass is 32.2. The Kier molecular flexibility index (Phi) is 7.80. The van der Waals surface area contributed by atoms with Crippen LogP contribution in [0.15, 0.2) is 107 Å². The number of para-hydroxylation sites is 1. The van der Waals surface area contributed by atoms with Gasteiger partial charge in [-0.1, -0.05) is 60.6 Å². The summed E-state index contributed by atoms with van der Waals surface area (Å²) in [5, 5.41) is -1.45. The van der Waals surface area contributed by atoms with Crippen molar-refractivity contribution >= 4 is 28.6 Å². The lowest BCUT2D eigenvalue weighted by Gasteiger charge is -2.39. The Morgan fingerprint density at radius 2 is 1.71 bits per heavy atom. The first-order chi connectivity index (χ1) is 29.7. The normalized spacial score (nSPS) is 18.3. The molecule has 2 heterocycles. The van der Waals surface area contributed by atoms with Gasteiger partial charge in [-0.3, -0.25) is 9.59 Å². The number of rotatable bonds is 12. The van der Waals surface area contributed by atoms with Crippen LogP contribution < -0.4 is 5.43 Å². The van der Waals surface area contributed by atoms with Crippen molar-refractivity contribution in [2.75, 3.05) is 33.2 Å². The molecule has 6 nitrogen and oxygen atoms in total. The van der Waals surface area contributed by atoms with Gasteiger partial charge in [0.05, 0.1) is 39.1 Å². The standard InChI is InChI=1S/C40H38F5N3O3S/c1-51-22-21-46-19-17-32(18-20-46)47(24-27-9-11-28(12-10-27)29-13-15-31(16-14-29)40(43,44)45)37(50)25-48-35-8-3-2-6-33(35)36(49)23-38(48)52-26-30-5-4-7-34(41)39(30)42/h2-16,23,32H,17-22,24-26H2,1H3/i1D3,2D,3D,6D,8D,22D2,23D,25D2. The van der Waals surface area contributed by atoms with Crippen LogP contribution in [0.2, 0.25) is 0 Å². The van der Waals surface area contributed by atoms with Crippen LogP contribution in [0.5, 0.6) is 0 Å². The highest BCUT2D eigenvalue weighted by molar-refractivity contribution is 7.98. The Morgan fingerprint density at radius 3 is 2.40 bits per heavy atom. The lowest BCUT2D eigenvalue weighted by Crippen LogP contribution is -2.48. The van der Waals surface area contributed by atoms with E-state index in [1.165, 1.54) is 24.3 Å². The van der Waals surface area contributed by atoms with Gasteiger partial charge in [0.1, 0.15) is 6.50 Å². The predicted octanol–water partition coefficient (Wildman–Crippen LogP) is 8.40. The number of likely N-dealkylation sites (tertiary alicyclic amines) is 1. The summed E-state index contributed by atoms with van der Waals surface area (Å²) in [4.78, 5) is 31.5. The molecule has 1 aliphatic rings. The number of hydrogen-bond donors (Lipinski definition) is 0. The number of aromatic nitrogens is 1. The van der Waals surface area contributed by atoms with Crippen LogP contribution in [0.1, 0.15) is 46.0 Å². The van der Waals surface area contributed by atoms with Gasteiger partial charge in [0.2, 0.25) is 5.91 Å². The van der Waals surface area contributed by atoms with Crippen LogP contribution in [0.4, 0.5) is 22.0 Å². The van der Waals surface area contributed by atoms with E-state index in [1.807, 2.05) is 0 Å². The maximum absolute atomic E-state index is 15.1. The minimum Gasteiger partial charge on any atom is -0.383 e. The molecule has 5 aromatic rings. The lowest BCUT2D eigenvalue weighted by atomic mass is 10.00. The fourth-order valence-corrected chi connectivity index (χ4v) is 6.80. The molecule has 1 aromatic heterocycles. The van der Waals surface area contributed by atoms with Gasteiger partial charge in [0.15, 0.2) is 17.1 Å². The summed E-state index contributed by atoms with van der Waals surface area (Å²) in [6.45, 7) is -6.71. The molecule has 1 saturated heterocycles. The second-order valence-corrected chi connectivity index (χ2v) is 12.9. The van der Waals surface area contributed by atoms with E-state index >= 15 is 4.79 Å². The van der Waals surface area contributed by atoms with Crippen LogP contribution in [0.25, 0.3) is 22.0 Å². The number of benzene rings is 4. The van der Waals surface area contributed by atoms with Crippen molar-refractivity contribution in [2.45, 2.75) is 48.9 Å². The third-order valence-electron chi connectivity index (χ3n) is 8.62. The second kappa shape index (κ2) is 16.4. The maximum Gasteiger partial charge on any atom is 0.416 e. The van der Waals surface area contributed by atoms with Crippen molar-refractivity contribution in [1.82, 2.24) is 14.4 Å². The zero-order chi connectivity index (χ0) is 47.3. The van der Waals surface area contributed by atoms with E-state index in [2.05, 4.69) is 4.74 Å². The molecule has 0 bridgehead atoms. The zero-order valence-corrected chi connectivity index (χ0v) is 28.1. The number of carbonyl (C=O) groups excluding carboxylic acids is 1. The Hall–Kier alpha value is -4.52. The van der Waals surface area contributed by atoms with E-state index < -0.39 is 119 Å². The molecular formula is C40H38F5N3O3S. The molecule has 0 atom stereocenters. The smallest absolute Gasteiger partial charge is 0.383 e. The Morgan fingerprint density at radius 1 is 1.02 bits per heavy atom. The minimum absolute atomic E-state index is 0.0554. The molecule has 52 heavy (non-hydrogen) atoms. The largest absolute Gasteiger partial charge is 0.416 e. The van der Waals surface area contributed by atoms with Crippen molar-refractivity contribution in [1.29, 1.82) is 0 Å². The summed E-state index contributed by atoms with van der Waals surface area (Å²) in [5.41, 5.74) is -1.82. The highest BCUT2D eigenvalue weighted by Crippen LogP contribution is 2.32. The highest BCUT2D eigenvalue weighted by Gasteiger charge is 2.31. The summed E-state index contributed by atoms with van der Waals surface area (Å²) < 4.78 is 174. The molecule has 0 aliphatic carbocycles. The van der Waals surface area contributed by atoms with E-state index in [1.54, 1.807) is 29.2 Å². The van der Waals surface area contributed by atoms with Gasteiger partial charge >= 0.3 is 6.18 Å². The fourth-order valence-electron chi connectivity index (χ4n) is 5.86. The van der Waals surface area contributed by atoms with Gasteiger partial charge in [-0.15, -0.1) is 11.8 Å². The van der Waals surface area contributed by atoms with Gasteiger partial charge < -0.3 is 19.1 Å². The maximum atomic E-state index is 15.1. The molecule has 0 saturated carbocycles. The summed E-state index contributed by atoms with van der Waals surface area (Å²) in [6, 6.07) is 8.43. The second-order valence-electron chi connectivity index (χ2n) is 11.9. The Bertz CT molecular complexity index is 2630. The third-order valence-corrected chi connectivity index (χ3v) is 9.63. The number of halogens is 5. The Balaban J connectivity index is 1.44. The van der Waals surface area contributed by atoms with E-state index in [9.17, 15) is 29.5 Å². The number of methoxy groups -OCH3 is 1. The minimum atomic E-state index is -4.56. The molecule has 272 valence electrons. The third kappa shape index (κ3) is 8.74. The van der Waals surface area contributed by atoms with Gasteiger partial charge in [0, 0.05) is 62.0 Å². The number of fused-ring (bicyclic) bond motifs is 1. The van der Waals surface area contributed by atoms with Crippen molar-refractivity contribution in [3.63, 3.8) is 0 Å².